The molecule has 90 valence electrons. The minimum atomic E-state index is -0.681. The van der Waals surface area contributed by atoms with E-state index in [2.05, 4.69) is 11.3 Å². The molecule has 0 amide bonds. The smallest absolute Gasteiger partial charge is 0.313 e. The van der Waals surface area contributed by atoms with Gasteiger partial charge in [-0.1, -0.05) is 24.3 Å². The number of ether oxygens (including phenoxy) is 1. The molecule has 1 aromatic rings. The quantitative estimate of drug-likeness (QED) is 0.340. The number of carbonyl (C=O) groups excluding carboxylic acids is 1. The van der Waals surface area contributed by atoms with Gasteiger partial charge in [0.15, 0.2) is 0 Å². The molecule has 0 bridgehead atoms. The number of methoxy groups -OCH3 is 1. The van der Waals surface area contributed by atoms with Gasteiger partial charge in [-0.3, -0.25) is 14.9 Å². The van der Waals surface area contributed by atoms with Crippen LogP contribution in [0, 0.1) is 10.1 Å². The zero-order chi connectivity index (χ0) is 12.8. The molecule has 0 aliphatic heterocycles. The molecule has 5 heteroatoms. The van der Waals surface area contributed by atoms with Gasteiger partial charge in [-0.2, -0.15) is 0 Å². The molecule has 0 saturated carbocycles. The fourth-order valence-electron chi connectivity index (χ4n) is 1.61. The van der Waals surface area contributed by atoms with Crippen molar-refractivity contribution < 1.29 is 14.5 Å². The van der Waals surface area contributed by atoms with Crippen LogP contribution < -0.4 is 0 Å². The Morgan fingerprint density at radius 2 is 2.24 bits per heavy atom. The van der Waals surface area contributed by atoms with Gasteiger partial charge in [-0.05, 0) is 6.42 Å². The second-order valence-electron chi connectivity index (χ2n) is 3.42. The van der Waals surface area contributed by atoms with E-state index < -0.39 is 16.8 Å². The summed E-state index contributed by atoms with van der Waals surface area (Å²) in [5.41, 5.74) is 0.272. The topological polar surface area (TPSA) is 69.4 Å². The van der Waals surface area contributed by atoms with Crippen LogP contribution in [0.3, 0.4) is 0 Å². The molecule has 5 nitrogen and oxygen atoms in total. The molecule has 0 heterocycles. The molecule has 0 spiro atoms. The molecule has 1 rings (SSSR count). The molecule has 0 aliphatic rings. The predicted molar refractivity (Wildman–Crippen MR) is 62.7 cm³/mol. The van der Waals surface area contributed by atoms with Crippen molar-refractivity contribution in [2.75, 3.05) is 7.11 Å². The molecular weight excluding hydrogens is 222 g/mol. The molecule has 0 aliphatic carbocycles. The molecule has 17 heavy (non-hydrogen) atoms. The van der Waals surface area contributed by atoms with E-state index in [1.807, 2.05) is 0 Å². The van der Waals surface area contributed by atoms with Crippen molar-refractivity contribution in [1.29, 1.82) is 0 Å². The Morgan fingerprint density at radius 1 is 1.59 bits per heavy atom. The van der Waals surface area contributed by atoms with Gasteiger partial charge in [-0.15, -0.1) is 6.58 Å². The second kappa shape index (κ2) is 5.79. The van der Waals surface area contributed by atoms with Gasteiger partial charge in [-0.25, -0.2) is 0 Å². The third-order valence-electron chi connectivity index (χ3n) is 2.40. The van der Waals surface area contributed by atoms with E-state index in [0.717, 1.165) is 0 Å². The number of carbonyl (C=O) groups is 1. The van der Waals surface area contributed by atoms with Gasteiger partial charge >= 0.3 is 5.97 Å². The Bertz CT molecular complexity index is 442. The molecular formula is C12H13NO4. The van der Waals surface area contributed by atoms with E-state index in [1.165, 1.54) is 19.3 Å². The van der Waals surface area contributed by atoms with Gasteiger partial charge < -0.3 is 4.74 Å². The molecule has 1 unspecified atom stereocenters. The van der Waals surface area contributed by atoms with Crippen molar-refractivity contribution in [3.05, 3.63) is 52.6 Å². The Balaban J connectivity index is 3.22. The summed E-state index contributed by atoms with van der Waals surface area (Å²) >= 11 is 0. The normalized spacial score (nSPS) is 11.6. The zero-order valence-electron chi connectivity index (χ0n) is 9.46. The zero-order valence-corrected chi connectivity index (χ0v) is 9.46. The van der Waals surface area contributed by atoms with Crippen molar-refractivity contribution >= 4 is 11.7 Å². The highest BCUT2D eigenvalue weighted by atomic mass is 16.6. The molecule has 0 N–H and O–H groups in total. The van der Waals surface area contributed by atoms with Crippen LogP contribution >= 0.6 is 0 Å². The van der Waals surface area contributed by atoms with E-state index in [9.17, 15) is 14.9 Å². The lowest BCUT2D eigenvalue weighted by molar-refractivity contribution is -0.385. The maximum absolute atomic E-state index is 11.6. The molecule has 1 aromatic carbocycles. The van der Waals surface area contributed by atoms with Gasteiger partial charge in [0.25, 0.3) is 5.69 Å². The van der Waals surface area contributed by atoms with Crippen LogP contribution in [0.15, 0.2) is 36.9 Å². The number of rotatable bonds is 5. The van der Waals surface area contributed by atoms with E-state index in [0.29, 0.717) is 12.0 Å². The minimum absolute atomic E-state index is 0.0789. The highest BCUT2D eigenvalue weighted by Crippen LogP contribution is 2.29. The largest absolute Gasteiger partial charge is 0.469 e. The number of para-hydroxylation sites is 1. The minimum Gasteiger partial charge on any atom is -0.469 e. The monoisotopic (exact) mass is 235 g/mol. The van der Waals surface area contributed by atoms with Crippen molar-refractivity contribution in [2.24, 2.45) is 0 Å². The number of nitro benzene ring substituents is 1. The van der Waals surface area contributed by atoms with Crippen LogP contribution in [0.2, 0.25) is 0 Å². The summed E-state index contributed by atoms with van der Waals surface area (Å²) < 4.78 is 4.64. The fourth-order valence-corrected chi connectivity index (χ4v) is 1.61. The summed E-state index contributed by atoms with van der Waals surface area (Å²) in [6.45, 7) is 3.54. The van der Waals surface area contributed by atoms with Crippen LogP contribution in [0.4, 0.5) is 5.69 Å². The maximum Gasteiger partial charge on any atom is 0.313 e. The first kappa shape index (κ1) is 12.9. The van der Waals surface area contributed by atoms with Crippen molar-refractivity contribution in [3.63, 3.8) is 0 Å². The number of hydrogen-bond acceptors (Lipinski definition) is 4. The van der Waals surface area contributed by atoms with Crippen molar-refractivity contribution in [2.45, 2.75) is 12.3 Å². The van der Waals surface area contributed by atoms with Gasteiger partial charge in [0.1, 0.15) is 0 Å². The average molecular weight is 235 g/mol. The number of hydrogen-bond donors (Lipinski definition) is 0. The first-order valence-electron chi connectivity index (χ1n) is 5.03. The molecule has 0 fully saturated rings. The summed E-state index contributed by atoms with van der Waals surface area (Å²) in [4.78, 5) is 21.9. The van der Waals surface area contributed by atoms with Gasteiger partial charge in [0.2, 0.25) is 0 Å². The van der Waals surface area contributed by atoms with Crippen LogP contribution in [-0.4, -0.2) is 18.0 Å². The Hall–Kier alpha value is -2.17. The van der Waals surface area contributed by atoms with Crippen LogP contribution in [0.5, 0.6) is 0 Å². The van der Waals surface area contributed by atoms with E-state index >= 15 is 0 Å². The SMILES string of the molecule is C=CCC(C(=O)OC)c1ccccc1[N+](=O)[O-]. The molecule has 0 saturated heterocycles. The first-order valence-corrected chi connectivity index (χ1v) is 5.03. The highest BCUT2D eigenvalue weighted by molar-refractivity contribution is 5.79. The van der Waals surface area contributed by atoms with Crippen molar-refractivity contribution in [1.82, 2.24) is 0 Å². The number of nitro groups is 1. The van der Waals surface area contributed by atoms with E-state index in [1.54, 1.807) is 18.2 Å². The summed E-state index contributed by atoms with van der Waals surface area (Å²) in [5, 5.41) is 10.9. The average Bonchev–Trinajstić information content (AvgIpc) is 2.35. The van der Waals surface area contributed by atoms with E-state index in [-0.39, 0.29) is 5.69 Å². The maximum atomic E-state index is 11.6. The molecule has 0 radical (unpaired) electrons. The number of allylic oxidation sites excluding steroid dienone is 1. The first-order chi connectivity index (χ1) is 8.11. The summed E-state index contributed by atoms with van der Waals surface area (Å²) in [5.74, 6) is -1.18. The Kier molecular flexibility index (Phi) is 4.39. The predicted octanol–water partition coefficient (Wildman–Crippen LogP) is 2.43. The third-order valence-corrected chi connectivity index (χ3v) is 2.40. The molecule has 0 aromatic heterocycles. The summed E-state index contributed by atoms with van der Waals surface area (Å²) in [6, 6.07) is 6.14. The standard InChI is InChI=1S/C12H13NO4/c1-3-6-10(12(14)17-2)9-7-4-5-8-11(9)13(15)16/h3-5,7-8,10H,1,6H2,2H3. The van der Waals surface area contributed by atoms with Crippen LogP contribution in [0.25, 0.3) is 0 Å². The Labute approximate surface area is 98.9 Å². The molecule has 1 atom stereocenters. The summed E-state index contributed by atoms with van der Waals surface area (Å²) in [6.07, 6.45) is 1.84. The third kappa shape index (κ3) is 2.90. The number of esters is 1. The number of benzene rings is 1. The van der Waals surface area contributed by atoms with Gasteiger partial charge in [0.05, 0.1) is 18.0 Å². The summed E-state index contributed by atoms with van der Waals surface area (Å²) in [7, 11) is 1.26. The van der Waals surface area contributed by atoms with Gasteiger partial charge in [0, 0.05) is 11.6 Å². The van der Waals surface area contributed by atoms with Crippen LogP contribution in [0.1, 0.15) is 17.9 Å². The fraction of sp³-hybridized carbons (Fsp3) is 0.250. The van der Waals surface area contributed by atoms with Crippen LogP contribution in [-0.2, 0) is 9.53 Å². The highest BCUT2D eigenvalue weighted by Gasteiger charge is 2.27. The van der Waals surface area contributed by atoms with E-state index in [4.69, 9.17) is 0 Å². The lowest BCUT2D eigenvalue weighted by Crippen LogP contribution is -2.15. The second-order valence-corrected chi connectivity index (χ2v) is 3.42. The lowest BCUT2D eigenvalue weighted by Gasteiger charge is -2.12. The van der Waals surface area contributed by atoms with Crippen molar-refractivity contribution in [3.8, 4) is 0 Å². The number of nitrogens with zero attached hydrogens (tertiary/aromatic N) is 1. The lowest BCUT2D eigenvalue weighted by atomic mass is 9.94. The Morgan fingerprint density at radius 3 is 2.76 bits per heavy atom.